The Morgan fingerprint density at radius 1 is 0.614 bits per heavy atom. The summed E-state index contributed by atoms with van der Waals surface area (Å²) in [7, 11) is 0. The van der Waals surface area contributed by atoms with Crippen LogP contribution in [0.15, 0.2) is 24.3 Å². The lowest BCUT2D eigenvalue weighted by Gasteiger charge is -2.03. The quantitative estimate of drug-likeness (QED) is 0.195. The van der Waals surface area contributed by atoms with Gasteiger partial charge < -0.3 is 20.2 Å². The third-order valence-corrected chi connectivity index (χ3v) is 8.69. The Labute approximate surface area is 269 Å². The number of aryl methyl sites for hydroxylation is 4. The predicted molar refractivity (Wildman–Crippen MR) is 182 cm³/mol. The SMILES string of the molecule is CCC1=C(C)c2cc3nc(cc4[nH]c(cc5[nH]c(cc1n2)c(C)c5CC)c(C)c4CCC(=O)O)C(CCC(=O)O)=C3C.Cl.Cl. The highest BCUT2D eigenvalue weighted by Gasteiger charge is 2.21. The number of carboxylic acids is 2. The molecule has 0 atom stereocenters. The maximum atomic E-state index is 11.5. The molecule has 0 fully saturated rings. The number of halogens is 2. The fourth-order valence-electron chi connectivity index (χ4n) is 6.22. The van der Waals surface area contributed by atoms with Crippen molar-refractivity contribution in [1.82, 2.24) is 19.9 Å². The van der Waals surface area contributed by atoms with E-state index in [0.717, 1.165) is 79.8 Å². The van der Waals surface area contributed by atoms with E-state index in [2.05, 4.69) is 49.8 Å². The lowest BCUT2D eigenvalue weighted by molar-refractivity contribution is -0.137. The summed E-state index contributed by atoms with van der Waals surface area (Å²) in [5, 5.41) is 18.9. The zero-order valence-corrected chi connectivity index (χ0v) is 27.6. The molecule has 0 aliphatic carbocycles. The van der Waals surface area contributed by atoms with E-state index in [9.17, 15) is 19.8 Å². The van der Waals surface area contributed by atoms with Crippen molar-refractivity contribution >= 4 is 81.1 Å². The smallest absolute Gasteiger partial charge is 0.303 e. The van der Waals surface area contributed by atoms with Crippen molar-refractivity contribution in [2.45, 2.75) is 80.1 Å². The molecule has 5 rings (SSSR count). The molecule has 234 valence electrons. The number of H-pyrrole nitrogens is 2. The number of aromatic amines is 2. The van der Waals surface area contributed by atoms with Crippen molar-refractivity contribution in [3.8, 4) is 0 Å². The van der Waals surface area contributed by atoms with Crippen LogP contribution in [-0.4, -0.2) is 42.1 Å². The Morgan fingerprint density at radius 3 is 1.66 bits per heavy atom. The molecule has 44 heavy (non-hydrogen) atoms. The van der Waals surface area contributed by atoms with Gasteiger partial charge >= 0.3 is 11.9 Å². The number of fused-ring (bicyclic) bond motifs is 8. The van der Waals surface area contributed by atoms with Gasteiger partial charge in [-0.1, -0.05) is 13.8 Å². The summed E-state index contributed by atoms with van der Waals surface area (Å²) in [6.45, 7) is 12.5. The van der Waals surface area contributed by atoms with E-state index < -0.39 is 11.9 Å². The number of rotatable bonds is 8. The molecule has 4 N–H and O–H groups in total. The zero-order chi connectivity index (χ0) is 30.3. The Morgan fingerprint density at radius 2 is 1.09 bits per heavy atom. The third-order valence-electron chi connectivity index (χ3n) is 8.69. The van der Waals surface area contributed by atoms with Crippen LogP contribution in [0.4, 0.5) is 0 Å². The highest BCUT2D eigenvalue weighted by atomic mass is 35.5. The lowest BCUT2D eigenvalue weighted by Crippen LogP contribution is -1.98. The number of nitrogens with zero attached hydrogens (tertiary/aromatic N) is 2. The first-order valence-corrected chi connectivity index (χ1v) is 14.6. The molecule has 5 heterocycles. The molecule has 2 aliphatic rings. The molecule has 3 aromatic heterocycles. The van der Waals surface area contributed by atoms with Gasteiger partial charge in [-0.25, -0.2) is 9.97 Å². The van der Waals surface area contributed by atoms with Crippen molar-refractivity contribution in [1.29, 1.82) is 0 Å². The monoisotopic (exact) mass is 638 g/mol. The summed E-state index contributed by atoms with van der Waals surface area (Å²) in [6.07, 6.45) is 2.39. The van der Waals surface area contributed by atoms with Crippen molar-refractivity contribution in [2.24, 2.45) is 0 Å². The molecular weight excluding hydrogens is 599 g/mol. The molecule has 3 aromatic rings. The normalized spacial score (nSPS) is 12.7. The molecule has 8 bridgehead atoms. The first-order chi connectivity index (χ1) is 20.0. The van der Waals surface area contributed by atoms with E-state index in [1.165, 1.54) is 16.7 Å². The van der Waals surface area contributed by atoms with E-state index >= 15 is 0 Å². The van der Waals surface area contributed by atoms with Gasteiger partial charge in [0, 0.05) is 34.9 Å². The second-order valence-electron chi connectivity index (χ2n) is 11.2. The Hall–Kier alpha value is -3.88. The summed E-state index contributed by atoms with van der Waals surface area (Å²) in [5.74, 6) is -1.72. The lowest BCUT2D eigenvalue weighted by atomic mass is 9.99. The molecule has 0 spiro atoms. The summed E-state index contributed by atoms with van der Waals surface area (Å²) >= 11 is 0. The summed E-state index contributed by atoms with van der Waals surface area (Å²) in [5.41, 5.74) is 15.4. The molecule has 2 aliphatic heterocycles. The van der Waals surface area contributed by atoms with Gasteiger partial charge in [0.25, 0.3) is 0 Å². The van der Waals surface area contributed by atoms with E-state index in [1.807, 2.05) is 26.0 Å². The van der Waals surface area contributed by atoms with Crippen LogP contribution in [0.2, 0.25) is 0 Å². The van der Waals surface area contributed by atoms with E-state index in [-0.39, 0.29) is 37.7 Å². The van der Waals surface area contributed by atoms with Crippen molar-refractivity contribution in [3.63, 3.8) is 0 Å². The number of hydrogen-bond acceptors (Lipinski definition) is 4. The van der Waals surface area contributed by atoms with Crippen LogP contribution < -0.4 is 0 Å². The van der Waals surface area contributed by atoms with Crippen molar-refractivity contribution in [2.75, 3.05) is 0 Å². The number of carboxylic acid groups (broad SMARTS) is 2. The summed E-state index contributed by atoms with van der Waals surface area (Å²) in [6, 6.07) is 8.19. The maximum Gasteiger partial charge on any atom is 0.303 e. The zero-order valence-electron chi connectivity index (χ0n) is 26.0. The molecule has 0 saturated heterocycles. The van der Waals surface area contributed by atoms with Gasteiger partial charge in [-0.3, -0.25) is 9.59 Å². The van der Waals surface area contributed by atoms with Crippen LogP contribution in [0.5, 0.6) is 0 Å². The average Bonchev–Trinajstić information content (AvgIpc) is 3.59. The Bertz CT molecular complexity index is 1860. The Balaban J connectivity index is 0.00000264. The third kappa shape index (κ3) is 6.47. The second-order valence-corrected chi connectivity index (χ2v) is 11.2. The van der Waals surface area contributed by atoms with Gasteiger partial charge in [-0.2, -0.15) is 0 Å². The van der Waals surface area contributed by atoms with E-state index in [4.69, 9.17) is 9.97 Å². The minimum absolute atomic E-state index is 0. The van der Waals surface area contributed by atoms with Gasteiger partial charge in [-0.05, 0) is 122 Å². The summed E-state index contributed by atoms with van der Waals surface area (Å²) in [4.78, 5) is 40.3. The maximum absolute atomic E-state index is 11.5. The summed E-state index contributed by atoms with van der Waals surface area (Å²) < 4.78 is 0. The predicted octanol–water partition coefficient (Wildman–Crippen LogP) is 8.49. The second kappa shape index (κ2) is 13.8. The molecule has 0 aromatic carbocycles. The van der Waals surface area contributed by atoms with Crippen LogP contribution in [0, 0.1) is 13.8 Å². The van der Waals surface area contributed by atoms with E-state index in [1.54, 1.807) is 0 Å². The largest absolute Gasteiger partial charge is 0.481 e. The average molecular weight is 640 g/mol. The molecule has 0 unspecified atom stereocenters. The standard InChI is InChI=1S/C34H38N4O4.2ClH/c1-7-21-17(3)25-13-26-19(5)23(9-11-33(39)40)31(37-26)16-32-24(10-12-34(41)42)20(6)28(38-32)15-30-22(8-2)18(4)27(36-30)14-29(21)35-25;;/h13-16,36,38H,7-12H2,1-6H3,(H,39,40)(H,41,42);2*1H. The minimum Gasteiger partial charge on any atom is -0.481 e. The van der Waals surface area contributed by atoms with Gasteiger partial charge in [0.1, 0.15) is 0 Å². The van der Waals surface area contributed by atoms with Gasteiger partial charge in [0.15, 0.2) is 0 Å². The van der Waals surface area contributed by atoms with Crippen molar-refractivity contribution in [3.05, 3.63) is 69.3 Å². The fraction of sp³-hybridized carbons (Fsp3) is 0.353. The molecule has 0 radical (unpaired) electrons. The fourth-order valence-corrected chi connectivity index (χ4v) is 6.22. The number of aromatic nitrogens is 4. The molecular formula is C34H40Cl2N4O4. The molecule has 0 saturated carbocycles. The van der Waals surface area contributed by atoms with Crippen LogP contribution >= 0.6 is 24.8 Å². The first kappa shape index (κ1) is 34.6. The number of aliphatic carboxylic acids is 2. The molecule has 8 nitrogen and oxygen atoms in total. The highest BCUT2D eigenvalue weighted by molar-refractivity contribution is 5.96. The molecule has 0 amide bonds. The van der Waals surface area contributed by atoms with Gasteiger partial charge in [0.2, 0.25) is 0 Å². The number of carbonyl (C=O) groups is 2. The van der Waals surface area contributed by atoms with Gasteiger partial charge in [0.05, 0.1) is 22.8 Å². The Kier molecular flexibility index (Phi) is 10.9. The molecule has 10 heteroatoms. The first-order valence-electron chi connectivity index (χ1n) is 14.6. The minimum atomic E-state index is -0.867. The van der Waals surface area contributed by atoms with Crippen molar-refractivity contribution < 1.29 is 19.8 Å². The number of hydrogen-bond donors (Lipinski definition) is 4. The number of allylic oxidation sites excluding steroid dienone is 4. The van der Waals surface area contributed by atoms with Crippen LogP contribution in [0.1, 0.15) is 98.4 Å². The number of nitrogens with one attached hydrogen (secondary N) is 2. The van der Waals surface area contributed by atoms with Crippen LogP contribution in [0.3, 0.4) is 0 Å². The van der Waals surface area contributed by atoms with Crippen LogP contribution in [0.25, 0.3) is 44.4 Å². The van der Waals surface area contributed by atoms with E-state index in [0.29, 0.717) is 18.5 Å². The van der Waals surface area contributed by atoms with Crippen LogP contribution in [-0.2, 0) is 22.4 Å². The highest BCUT2D eigenvalue weighted by Crippen LogP contribution is 2.37. The topological polar surface area (TPSA) is 132 Å². The van der Waals surface area contributed by atoms with Gasteiger partial charge in [-0.15, -0.1) is 24.8 Å².